The number of nitrogens with one attached hydrogen (secondary N) is 1. The molecule has 3 N–H and O–H groups in total. The molecule has 412 valence electrons. The van der Waals surface area contributed by atoms with Crippen LogP contribution in [0.5, 0.6) is 0 Å². The Hall–Kier alpha value is -5.64. The van der Waals surface area contributed by atoms with E-state index in [2.05, 4.69) is 5.32 Å². The second-order valence-electron chi connectivity index (χ2n) is 22.8. The van der Waals surface area contributed by atoms with Crippen LogP contribution in [0.25, 0.3) is 0 Å². The number of ketones is 1. The normalized spacial score (nSPS) is 28.9. The number of ether oxygens (including phenoxy) is 5. The predicted molar refractivity (Wildman–Crippen MR) is 276 cm³/mol. The molecule has 4 aliphatic rings. The molecule has 3 aliphatic carbocycles. The van der Waals surface area contributed by atoms with Crippen LogP contribution >= 0.6 is 0 Å². The van der Waals surface area contributed by atoms with E-state index < -0.39 is 133 Å². The Bertz CT molecular complexity index is 2670. The van der Waals surface area contributed by atoms with E-state index in [-0.39, 0.29) is 41.9 Å². The summed E-state index contributed by atoms with van der Waals surface area (Å²) in [5, 5.41) is 29.5. The van der Waals surface area contributed by atoms with Crippen LogP contribution < -0.4 is 5.32 Å². The average molecular weight is 1070 g/mol. The lowest BCUT2D eigenvalue weighted by Crippen LogP contribution is -2.82. The topological polar surface area (TPSA) is 238 Å². The van der Waals surface area contributed by atoms with E-state index in [4.69, 9.17) is 41.4 Å². The first-order valence-electron chi connectivity index (χ1n) is 25.7. The maximum absolute atomic E-state index is 15.9. The van der Waals surface area contributed by atoms with Gasteiger partial charge >= 0.3 is 32.9 Å². The first kappa shape index (κ1) is 58.0. The first-order chi connectivity index (χ1) is 35.4. The Morgan fingerprint density at radius 3 is 1.86 bits per heavy atom. The SMILES string of the molecule is CCO[Si](O[C@@H](C(=O)O[C@H]1C[C@@]2(O)[C@@H](OC(=O)c3ccccc3)[C@@H]3[C@]4(OC(C)=O)CO[C@@H]4C[C@H](O)[C@@]3(C)C(=O)[C@H](OC(C)=O)C(=C1C)C2(C)C)[C@@H](NC(=O)c1ccccc1)c1ccccc1)(OC(C)(C)C)OC(C)(C)C. The summed E-state index contributed by atoms with van der Waals surface area (Å²) in [6, 6.07) is 23.4. The van der Waals surface area contributed by atoms with Crippen LogP contribution in [-0.4, -0.2) is 127 Å². The summed E-state index contributed by atoms with van der Waals surface area (Å²) in [4.78, 5) is 87.4. The van der Waals surface area contributed by atoms with Gasteiger partial charge in [-0.3, -0.25) is 19.2 Å². The molecule has 0 aromatic heterocycles. The smallest absolute Gasteiger partial charge is 0.456 e. The molecular formula is C57H73NO17Si. The largest absolute Gasteiger partial charge is 0.681 e. The molecule has 1 heterocycles. The fraction of sp³-hybridized carbons (Fsp3) is 0.544. The molecule has 0 spiro atoms. The third-order valence-corrected chi connectivity index (χ3v) is 17.8. The number of aliphatic hydroxyl groups excluding tert-OH is 1. The molecule has 2 bridgehead atoms. The van der Waals surface area contributed by atoms with Crippen LogP contribution in [0.2, 0.25) is 0 Å². The lowest BCUT2D eigenvalue weighted by atomic mass is 9.44. The van der Waals surface area contributed by atoms with Crippen LogP contribution in [0.1, 0.15) is 135 Å². The molecule has 1 amide bonds. The van der Waals surface area contributed by atoms with Gasteiger partial charge in [0, 0.05) is 44.3 Å². The van der Waals surface area contributed by atoms with Crippen LogP contribution in [0, 0.1) is 16.7 Å². The van der Waals surface area contributed by atoms with Gasteiger partial charge in [0.25, 0.3) is 5.91 Å². The number of carbonyl (C=O) groups is 6. The van der Waals surface area contributed by atoms with Gasteiger partial charge in [0.05, 0.1) is 46.9 Å². The van der Waals surface area contributed by atoms with E-state index in [1.165, 1.54) is 19.1 Å². The van der Waals surface area contributed by atoms with Gasteiger partial charge in [0.15, 0.2) is 23.6 Å². The van der Waals surface area contributed by atoms with Crippen molar-refractivity contribution in [2.75, 3.05) is 13.2 Å². The number of aliphatic hydroxyl groups is 2. The second-order valence-corrected chi connectivity index (χ2v) is 24.7. The summed E-state index contributed by atoms with van der Waals surface area (Å²) in [5.74, 6) is -6.83. The molecule has 0 unspecified atom stereocenters. The summed E-state index contributed by atoms with van der Waals surface area (Å²) in [6.45, 7) is 20.3. The van der Waals surface area contributed by atoms with Crippen LogP contribution in [0.15, 0.2) is 102 Å². The molecule has 3 aromatic rings. The molecule has 3 fully saturated rings. The Balaban J connectivity index is 1.48. The van der Waals surface area contributed by atoms with Gasteiger partial charge in [0.2, 0.25) is 0 Å². The summed E-state index contributed by atoms with van der Waals surface area (Å²) in [7, 11) is -4.59. The standard InChI is InChI=1S/C57H73NO17Si/c1-14-68-76(74-52(5,6)7,75-53(8,9)10)73-45(43(36-24-18-15-19-25-36)58-49(63)37-26-20-16-21-27-37)51(65)70-39-31-57(66)48(71-50(64)38-28-22-17-23-29-38)46-55(13,40(61)30-41-56(46,32-67-41)72-35(4)60)47(62)44(69-34(3)59)42(33(39)2)54(57,11)12/h15-29,39-41,43-46,48,61,66H,14,30-32H2,1-13H3,(H,58,63)/t39-,40-,41+,43-,44+,45+,46-,48-,55+,56-,57+/m0/s1. The van der Waals surface area contributed by atoms with Gasteiger partial charge in [-0.1, -0.05) is 80.6 Å². The molecule has 7 rings (SSSR count). The van der Waals surface area contributed by atoms with Crippen molar-refractivity contribution in [3.8, 4) is 0 Å². The fourth-order valence-electron chi connectivity index (χ4n) is 11.5. The number of amides is 1. The number of Topliss-reactive ketones (excluding diaryl/α,β-unsaturated/α-hetero) is 1. The van der Waals surface area contributed by atoms with Crippen molar-refractivity contribution < 1.29 is 80.4 Å². The molecule has 2 saturated carbocycles. The van der Waals surface area contributed by atoms with E-state index in [0.717, 1.165) is 13.8 Å². The van der Waals surface area contributed by atoms with E-state index in [9.17, 15) is 29.4 Å². The zero-order chi connectivity index (χ0) is 56.0. The minimum atomic E-state index is -4.59. The van der Waals surface area contributed by atoms with Crippen molar-refractivity contribution in [2.24, 2.45) is 16.7 Å². The molecular weight excluding hydrogens is 999 g/mol. The van der Waals surface area contributed by atoms with Gasteiger partial charge in [-0.25, -0.2) is 9.59 Å². The monoisotopic (exact) mass is 1070 g/mol. The van der Waals surface area contributed by atoms with Crippen molar-refractivity contribution in [2.45, 2.75) is 168 Å². The van der Waals surface area contributed by atoms with Crippen molar-refractivity contribution in [3.05, 3.63) is 119 Å². The van der Waals surface area contributed by atoms with Crippen molar-refractivity contribution in [1.82, 2.24) is 5.32 Å². The Morgan fingerprint density at radius 2 is 1.36 bits per heavy atom. The number of fused-ring (bicyclic) bond motifs is 5. The maximum Gasteiger partial charge on any atom is 0.681 e. The number of benzene rings is 3. The van der Waals surface area contributed by atoms with Crippen molar-refractivity contribution >= 4 is 44.6 Å². The number of esters is 4. The van der Waals surface area contributed by atoms with Crippen molar-refractivity contribution in [1.29, 1.82) is 0 Å². The first-order valence-corrected chi connectivity index (χ1v) is 27.3. The molecule has 1 saturated heterocycles. The minimum Gasteiger partial charge on any atom is -0.456 e. The zero-order valence-corrected chi connectivity index (χ0v) is 46.6. The van der Waals surface area contributed by atoms with Crippen LogP contribution in [0.3, 0.4) is 0 Å². The fourth-order valence-corrected chi connectivity index (χ4v) is 14.3. The third-order valence-electron chi connectivity index (χ3n) is 14.9. The number of rotatable bonds is 16. The molecule has 76 heavy (non-hydrogen) atoms. The minimum absolute atomic E-state index is 0.00730. The van der Waals surface area contributed by atoms with Gasteiger partial charge in [0.1, 0.15) is 23.9 Å². The van der Waals surface area contributed by atoms with E-state index in [1.54, 1.807) is 148 Å². The van der Waals surface area contributed by atoms with Gasteiger partial charge in [-0.15, -0.1) is 0 Å². The molecule has 3 aromatic carbocycles. The Morgan fingerprint density at radius 1 is 0.803 bits per heavy atom. The lowest BCUT2D eigenvalue weighted by molar-refractivity contribution is -0.346. The molecule has 11 atom stereocenters. The predicted octanol–water partition coefficient (Wildman–Crippen LogP) is 6.86. The van der Waals surface area contributed by atoms with E-state index in [1.807, 2.05) is 0 Å². The number of carbonyl (C=O) groups excluding carboxylic acids is 6. The van der Waals surface area contributed by atoms with Crippen LogP contribution in [-0.2, 0) is 60.6 Å². The number of hydrogen-bond donors (Lipinski definition) is 3. The third kappa shape index (κ3) is 11.2. The molecule has 0 radical (unpaired) electrons. The zero-order valence-electron chi connectivity index (χ0n) is 45.6. The average Bonchev–Trinajstić information content (AvgIpc) is 3.37. The Kier molecular flexibility index (Phi) is 16.5. The van der Waals surface area contributed by atoms with E-state index >= 15 is 9.59 Å². The lowest BCUT2D eigenvalue weighted by Gasteiger charge is -2.67. The highest BCUT2D eigenvalue weighted by Gasteiger charge is 2.78. The highest BCUT2D eigenvalue weighted by Crippen LogP contribution is 2.64. The molecule has 18 nitrogen and oxygen atoms in total. The van der Waals surface area contributed by atoms with Gasteiger partial charge < -0.3 is 56.9 Å². The summed E-state index contributed by atoms with van der Waals surface area (Å²) in [6.07, 6.45) is -10.6. The number of hydrogen-bond acceptors (Lipinski definition) is 17. The van der Waals surface area contributed by atoms with Gasteiger partial charge in [-0.2, -0.15) is 0 Å². The molecule has 1 aliphatic heterocycles. The quantitative estimate of drug-likeness (QED) is 0.0575. The van der Waals surface area contributed by atoms with Crippen molar-refractivity contribution in [3.63, 3.8) is 0 Å². The van der Waals surface area contributed by atoms with Gasteiger partial charge in [-0.05, 0) is 103 Å². The highest BCUT2D eigenvalue weighted by molar-refractivity contribution is 6.54. The Labute approximate surface area is 445 Å². The second kappa shape index (κ2) is 21.6. The maximum atomic E-state index is 15.9. The van der Waals surface area contributed by atoms with E-state index in [0.29, 0.717) is 5.56 Å². The van der Waals surface area contributed by atoms with Crippen LogP contribution in [0.4, 0.5) is 0 Å². The summed E-state index contributed by atoms with van der Waals surface area (Å²) < 4.78 is 58.0. The molecule has 19 heteroatoms. The summed E-state index contributed by atoms with van der Waals surface area (Å²) in [5.41, 5.74) is -9.27. The summed E-state index contributed by atoms with van der Waals surface area (Å²) >= 11 is 0. The highest BCUT2D eigenvalue weighted by atomic mass is 28.4.